The Bertz CT molecular complexity index is 1550. The molecule has 17 nitrogen and oxygen atoms in total. The van der Waals surface area contributed by atoms with Crippen LogP contribution in [0.25, 0.3) is 0 Å². The van der Waals surface area contributed by atoms with Crippen LogP contribution in [0.3, 0.4) is 0 Å². The molecule has 1 heterocycles. The van der Waals surface area contributed by atoms with Gasteiger partial charge in [0, 0.05) is 70.2 Å². The van der Waals surface area contributed by atoms with E-state index in [0.29, 0.717) is 25.8 Å². The highest BCUT2D eigenvalue weighted by Crippen LogP contribution is 2.14. The molecule has 0 saturated heterocycles. The van der Waals surface area contributed by atoms with Gasteiger partial charge in [-0.15, -0.1) is 0 Å². The van der Waals surface area contributed by atoms with Crippen molar-refractivity contribution in [3.8, 4) is 0 Å². The first-order valence-electron chi connectivity index (χ1n) is 19.8. The summed E-state index contributed by atoms with van der Waals surface area (Å²) in [5, 5.41) is 56.6. The number of aliphatic hydroxyl groups is 5. The van der Waals surface area contributed by atoms with Gasteiger partial charge in [-0.25, -0.2) is 0 Å². The van der Waals surface area contributed by atoms with Crippen LogP contribution < -0.4 is 16.0 Å². The normalized spacial score (nSPS) is 15.7. The Morgan fingerprint density at radius 2 is 1.19 bits per heavy atom. The van der Waals surface area contributed by atoms with Crippen LogP contribution in [-0.4, -0.2) is 134 Å². The fraction of sp³-hybridized carbons (Fsp3) is 0.610. The van der Waals surface area contributed by atoms with Crippen LogP contribution in [0.4, 0.5) is 0 Å². The first-order chi connectivity index (χ1) is 27.5. The molecule has 0 spiro atoms. The monoisotopic (exact) mass is 816 g/mol. The first kappa shape index (κ1) is 49.5. The summed E-state index contributed by atoms with van der Waals surface area (Å²) in [5.41, 5.74) is 0.768. The molecular formula is C41H60N4O13. The number of nitrogens with zero attached hydrogens (tertiary/aromatic N) is 1. The maximum atomic E-state index is 13.5. The van der Waals surface area contributed by atoms with E-state index in [-0.39, 0.29) is 88.4 Å². The highest BCUT2D eigenvalue weighted by atomic mass is 16.4. The maximum Gasteiger partial charge on any atom is 0.253 e. The van der Waals surface area contributed by atoms with Crippen molar-refractivity contribution in [2.45, 2.75) is 134 Å². The molecule has 0 bridgehead atoms. The smallest absolute Gasteiger partial charge is 0.253 e. The van der Waals surface area contributed by atoms with Gasteiger partial charge >= 0.3 is 0 Å². The van der Waals surface area contributed by atoms with Crippen LogP contribution in [0.2, 0.25) is 0 Å². The predicted octanol–water partition coefficient (Wildman–Crippen LogP) is -0.280. The molecule has 1 aromatic carbocycles. The van der Waals surface area contributed by atoms with Gasteiger partial charge in [-0.3, -0.25) is 43.3 Å². The van der Waals surface area contributed by atoms with Gasteiger partial charge in [0.25, 0.3) is 11.8 Å². The first-order valence-corrected chi connectivity index (χ1v) is 19.8. The van der Waals surface area contributed by atoms with E-state index in [1.54, 1.807) is 30.3 Å². The fourth-order valence-electron chi connectivity index (χ4n) is 6.03. The lowest BCUT2D eigenvalue weighted by molar-refractivity contribution is -0.137. The number of ketones is 3. The van der Waals surface area contributed by atoms with Gasteiger partial charge in [0.1, 0.15) is 24.1 Å². The number of nitrogens with one attached hydrogen (secondary N) is 3. The van der Waals surface area contributed by atoms with Crippen molar-refractivity contribution in [2.24, 2.45) is 5.92 Å². The van der Waals surface area contributed by atoms with Crippen molar-refractivity contribution in [2.75, 3.05) is 19.7 Å². The number of rotatable bonds is 30. The molecule has 6 atom stereocenters. The molecule has 8 N–H and O–H groups in total. The van der Waals surface area contributed by atoms with Crippen LogP contribution in [0.15, 0.2) is 42.5 Å². The number of carbonyl (C=O) groups excluding carboxylic acids is 8. The van der Waals surface area contributed by atoms with E-state index in [2.05, 4.69) is 16.0 Å². The van der Waals surface area contributed by atoms with Gasteiger partial charge in [0.05, 0.1) is 24.8 Å². The largest absolute Gasteiger partial charge is 0.394 e. The van der Waals surface area contributed by atoms with Crippen molar-refractivity contribution in [3.05, 3.63) is 48.0 Å². The van der Waals surface area contributed by atoms with Gasteiger partial charge in [0.15, 0.2) is 11.6 Å². The number of hydrogen-bond donors (Lipinski definition) is 8. The van der Waals surface area contributed by atoms with E-state index in [4.69, 9.17) is 5.11 Å². The van der Waals surface area contributed by atoms with Gasteiger partial charge < -0.3 is 41.5 Å². The topological polar surface area (TPSA) is 277 Å². The lowest BCUT2D eigenvalue weighted by Gasteiger charge is -2.25. The average Bonchev–Trinajstić information content (AvgIpc) is 3.53. The number of Topliss-reactive ketones (excluding diaryl/α,β-unsaturated/α-hetero) is 3. The fourth-order valence-corrected chi connectivity index (χ4v) is 6.03. The Balaban J connectivity index is 2.02. The number of benzene rings is 1. The zero-order valence-corrected chi connectivity index (χ0v) is 33.3. The van der Waals surface area contributed by atoms with Crippen LogP contribution in [-0.2, 0) is 44.8 Å². The summed E-state index contributed by atoms with van der Waals surface area (Å²) < 4.78 is 0. The molecule has 0 aromatic heterocycles. The van der Waals surface area contributed by atoms with E-state index in [9.17, 15) is 58.8 Å². The van der Waals surface area contributed by atoms with Crippen LogP contribution >= 0.6 is 0 Å². The number of carbonyl (C=O) groups is 8. The summed E-state index contributed by atoms with van der Waals surface area (Å²) in [5.74, 6) is -3.36. The Hall–Kier alpha value is -4.68. The van der Waals surface area contributed by atoms with Crippen LogP contribution in [0, 0.1) is 5.92 Å². The Kier molecular flexibility index (Phi) is 22.5. The molecule has 0 saturated carbocycles. The molecule has 0 fully saturated rings. The van der Waals surface area contributed by atoms with E-state index in [1.807, 2.05) is 13.8 Å². The number of imide groups is 1. The molecule has 0 radical (unpaired) electrons. The second-order valence-corrected chi connectivity index (χ2v) is 14.9. The van der Waals surface area contributed by atoms with Gasteiger partial charge in [0.2, 0.25) is 17.7 Å². The molecule has 1 aliphatic rings. The highest BCUT2D eigenvalue weighted by Gasteiger charge is 2.31. The van der Waals surface area contributed by atoms with Crippen molar-refractivity contribution >= 4 is 46.9 Å². The zero-order valence-electron chi connectivity index (χ0n) is 33.3. The van der Waals surface area contributed by atoms with E-state index in [1.165, 1.54) is 12.2 Å². The summed E-state index contributed by atoms with van der Waals surface area (Å²) in [6.45, 7) is 3.67. The van der Waals surface area contributed by atoms with Gasteiger partial charge in [-0.2, -0.15) is 0 Å². The maximum absolute atomic E-state index is 13.5. The Morgan fingerprint density at radius 3 is 1.81 bits per heavy atom. The summed E-state index contributed by atoms with van der Waals surface area (Å²) >= 11 is 0. The summed E-state index contributed by atoms with van der Waals surface area (Å²) in [6.07, 6.45) is -5.08. The van der Waals surface area contributed by atoms with Crippen molar-refractivity contribution < 1.29 is 63.9 Å². The molecule has 5 amide bonds. The number of hydrogen-bond acceptors (Lipinski definition) is 13. The second-order valence-electron chi connectivity index (χ2n) is 14.9. The van der Waals surface area contributed by atoms with Gasteiger partial charge in [-0.1, -0.05) is 50.6 Å². The zero-order chi connectivity index (χ0) is 43.2. The Labute approximate surface area is 338 Å². The van der Waals surface area contributed by atoms with Crippen LogP contribution in [0.1, 0.15) is 96.5 Å². The molecule has 0 aliphatic carbocycles. The average molecular weight is 817 g/mol. The third-order valence-electron chi connectivity index (χ3n) is 9.58. The van der Waals surface area contributed by atoms with Crippen molar-refractivity contribution in [1.82, 2.24) is 20.9 Å². The van der Waals surface area contributed by atoms with E-state index < -0.39 is 78.3 Å². The summed E-state index contributed by atoms with van der Waals surface area (Å²) in [6, 6.07) is 6.80. The number of unbranched alkanes of at least 4 members (excludes halogenated alkanes) is 2. The van der Waals surface area contributed by atoms with Crippen molar-refractivity contribution in [1.29, 1.82) is 0 Å². The molecule has 58 heavy (non-hydrogen) atoms. The molecule has 17 heteroatoms. The highest BCUT2D eigenvalue weighted by molar-refractivity contribution is 6.12. The van der Waals surface area contributed by atoms with Crippen molar-refractivity contribution in [3.63, 3.8) is 0 Å². The third-order valence-corrected chi connectivity index (χ3v) is 9.58. The van der Waals surface area contributed by atoms with E-state index >= 15 is 0 Å². The molecular weight excluding hydrogens is 756 g/mol. The third kappa shape index (κ3) is 18.7. The second kappa shape index (κ2) is 26.3. The van der Waals surface area contributed by atoms with Crippen LogP contribution in [0.5, 0.6) is 0 Å². The quantitative estimate of drug-likeness (QED) is 0.0367. The predicted molar refractivity (Wildman–Crippen MR) is 209 cm³/mol. The summed E-state index contributed by atoms with van der Waals surface area (Å²) in [7, 11) is 0. The Morgan fingerprint density at radius 1 is 0.638 bits per heavy atom. The molecule has 0 unspecified atom stereocenters. The number of aliphatic hydroxyl groups excluding tert-OH is 5. The lowest BCUT2D eigenvalue weighted by Crippen LogP contribution is -2.46. The lowest BCUT2D eigenvalue weighted by atomic mass is 9.96. The molecule has 1 aromatic rings. The minimum Gasteiger partial charge on any atom is -0.394 e. The molecule has 322 valence electrons. The van der Waals surface area contributed by atoms with E-state index in [0.717, 1.165) is 10.5 Å². The SMILES string of the molecule is CC(C)CNC(=O)CCC(=O)[C@H](Cc1ccccc1)NC(=O)CCC(=O)[C@H](CCC(=O)CC[C@H](O)[C@@H](O)[C@H](O)[C@H](O)CO)NC(=O)CCCCCN1C(=O)C=CC1=O. The molecule has 2 rings (SSSR count). The minimum atomic E-state index is -1.86. The van der Waals surface area contributed by atoms with Gasteiger partial charge in [-0.05, 0) is 43.6 Å². The number of amides is 5. The standard InChI is InChI=1S/C41H60N4O13/c1-26(2)24-42-35(52)18-16-32(49)30(23-27-9-5-3-6-10-27)44-37(54)19-17-31(48)29(14-12-28(47)13-15-33(50)40(57)41(58)34(51)25-46)43-36(53)11-7-4-8-22-45-38(55)20-21-39(45)56/h3,5-6,9-10,20-21,26,29-30,33-34,40-41,46,50-51,57-58H,4,7-8,11-19,22-25H2,1-2H3,(H,42,52)(H,43,53)(H,44,54)/t29-,30-,33-,34+,40+,41+/m0/s1. The molecule has 1 aliphatic heterocycles. The summed E-state index contributed by atoms with van der Waals surface area (Å²) in [4.78, 5) is 102. The minimum absolute atomic E-state index is 0.0107.